The predicted molar refractivity (Wildman–Crippen MR) is 103 cm³/mol. The molecule has 3 aromatic rings. The number of benzene rings is 3. The van der Waals surface area contributed by atoms with Crippen molar-refractivity contribution in [2.24, 2.45) is 0 Å². The molecule has 8 heteroatoms. The number of rotatable bonds is 4. The lowest BCUT2D eigenvalue weighted by Gasteiger charge is -2.24. The van der Waals surface area contributed by atoms with Gasteiger partial charge in [-0.2, -0.15) is 0 Å². The molecule has 1 atom stereocenters. The van der Waals surface area contributed by atoms with Crippen LogP contribution in [0.5, 0.6) is 0 Å². The third-order valence-corrected chi connectivity index (χ3v) is 6.70. The van der Waals surface area contributed by atoms with Crippen LogP contribution in [-0.2, 0) is 21.2 Å². The van der Waals surface area contributed by atoms with Gasteiger partial charge >= 0.3 is 5.97 Å². The van der Waals surface area contributed by atoms with Gasteiger partial charge in [0.05, 0.1) is 10.6 Å². The normalized spacial score (nSPS) is 15.9. The summed E-state index contributed by atoms with van der Waals surface area (Å²) in [5.74, 6) is -2.72. The number of carboxylic acid groups (broad SMARTS) is 1. The van der Waals surface area contributed by atoms with E-state index in [0.717, 1.165) is 16.4 Å². The fraction of sp³-hybridized carbons (Fsp3) is 0.0952. The maximum atomic E-state index is 14.0. The average molecular weight is 415 g/mol. The molecule has 0 bridgehead atoms. The molecule has 148 valence electrons. The molecule has 1 heterocycles. The molecule has 0 saturated carbocycles. The Balaban J connectivity index is 1.75. The van der Waals surface area contributed by atoms with E-state index in [9.17, 15) is 27.1 Å². The molecule has 0 unspecified atom stereocenters. The van der Waals surface area contributed by atoms with Crippen LogP contribution in [0.1, 0.15) is 5.56 Å². The molecular weight excluding hydrogens is 400 g/mol. The fourth-order valence-electron chi connectivity index (χ4n) is 3.49. The summed E-state index contributed by atoms with van der Waals surface area (Å²) >= 11 is 0. The summed E-state index contributed by atoms with van der Waals surface area (Å²) in [7, 11) is -4.16. The predicted octanol–water partition coefficient (Wildman–Crippen LogP) is 3.84. The molecule has 3 aromatic carbocycles. The van der Waals surface area contributed by atoms with Crippen LogP contribution in [0.15, 0.2) is 71.6 Å². The molecule has 0 fully saturated rings. The number of aliphatic carboxylic acids is 1. The van der Waals surface area contributed by atoms with Crippen molar-refractivity contribution in [1.29, 1.82) is 0 Å². The van der Waals surface area contributed by atoms with E-state index >= 15 is 0 Å². The van der Waals surface area contributed by atoms with E-state index in [1.165, 1.54) is 30.3 Å². The van der Waals surface area contributed by atoms with Crippen LogP contribution in [0.3, 0.4) is 0 Å². The Hall–Kier alpha value is -3.26. The molecular formula is C21H15F2NO4S. The Labute approximate surface area is 165 Å². The summed E-state index contributed by atoms with van der Waals surface area (Å²) in [5.41, 5.74) is 1.46. The number of sulfonamides is 1. The Bertz CT molecular complexity index is 1210. The number of hydrogen-bond donors (Lipinski definition) is 1. The van der Waals surface area contributed by atoms with Crippen LogP contribution < -0.4 is 4.31 Å². The van der Waals surface area contributed by atoms with Crippen molar-refractivity contribution >= 4 is 21.7 Å². The summed E-state index contributed by atoms with van der Waals surface area (Å²) < 4.78 is 54.4. The van der Waals surface area contributed by atoms with Gasteiger partial charge < -0.3 is 5.11 Å². The molecule has 5 nitrogen and oxygen atoms in total. The van der Waals surface area contributed by atoms with E-state index in [0.29, 0.717) is 16.8 Å². The Kier molecular flexibility index (Phi) is 4.58. The fourth-order valence-corrected chi connectivity index (χ4v) is 5.13. The van der Waals surface area contributed by atoms with Gasteiger partial charge in [0.2, 0.25) is 0 Å². The second-order valence-electron chi connectivity index (χ2n) is 6.64. The molecule has 0 amide bonds. The van der Waals surface area contributed by atoms with Gasteiger partial charge in [0.15, 0.2) is 0 Å². The van der Waals surface area contributed by atoms with E-state index < -0.39 is 33.7 Å². The zero-order chi connectivity index (χ0) is 20.8. The second kappa shape index (κ2) is 6.97. The highest BCUT2D eigenvalue weighted by Gasteiger charge is 2.42. The molecule has 1 N–H and O–H groups in total. The van der Waals surface area contributed by atoms with E-state index in [1.807, 2.05) is 0 Å². The van der Waals surface area contributed by atoms with Gasteiger partial charge in [-0.05, 0) is 41.5 Å². The van der Waals surface area contributed by atoms with Crippen molar-refractivity contribution in [3.63, 3.8) is 0 Å². The van der Waals surface area contributed by atoms with Crippen LogP contribution >= 0.6 is 0 Å². The highest BCUT2D eigenvalue weighted by molar-refractivity contribution is 7.93. The number of anilines is 1. The first-order valence-corrected chi connectivity index (χ1v) is 10.1. The number of halogens is 2. The Morgan fingerprint density at radius 3 is 2.34 bits per heavy atom. The van der Waals surface area contributed by atoms with Crippen molar-refractivity contribution in [3.05, 3.63) is 83.9 Å². The number of carbonyl (C=O) groups is 1. The lowest BCUT2D eigenvalue weighted by atomic mass is 10.1. The zero-order valence-electron chi connectivity index (χ0n) is 14.9. The standard InChI is InChI=1S/C21H15F2NO4S/c22-15-7-10-17(18(23)12-15)13-5-8-16(9-6-13)29(27,28)24-19-4-2-1-3-14(19)11-20(24)21(25)26/h1-10,12,20H,11H2,(H,25,26)/t20-/m0/s1. The lowest BCUT2D eigenvalue weighted by molar-refractivity contribution is -0.138. The molecule has 0 saturated heterocycles. The van der Waals surface area contributed by atoms with E-state index in [2.05, 4.69) is 0 Å². The van der Waals surface area contributed by atoms with Gasteiger partial charge in [0.25, 0.3) is 10.0 Å². The second-order valence-corrected chi connectivity index (χ2v) is 8.45. The quantitative estimate of drug-likeness (QED) is 0.703. The first kappa shape index (κ1) is 19.1. The topological polar surface area (TPSA) is 74.7 Å². The van der Waals surface area contributed by atoms with Crippen molar-refractivity contribution in [3.8, 4) is 11.1 Å². The minimum atomic E-state index is -4.16. The number of hydrogen-bond acceptors (Lipinski definition) is 3. The number of carboxylic acids is 1. The molecule has 0 spiro atoms. The van der Waals surface area contributed by atoms with Crippen LogP contribution in [0.25, 0.3) is 11.1 Å². The first-order chi connectivity index (χ1) is 13.8. The third kappa shape index (κ3) is 3.25. The van der Waals surface area contributed by atoms with Crippen molar-refractivity contribution in [2.45, 2.75) is 17.4 Å². The third-order valence-electron chi connectivity index (χ3n) is 4.86. The molecule has 4 rings (SSSR count). The monoisotopic (exact) mass is 415 g/mol. The van der Waals surface area contributed by atoms with Gasteiger partial charge in [0, 0.05) is 18.1 Å². The van der Waals surface area contributed by atoms with Gasteiger partial charge in [-0.15, -0.1) is 0 Å². The molecule has 1 aliphatic heterocycles. The van der Waals surface area contributed by atoms with Gasteiger partial charge in [-0.25, -0.2) is 22.0 Å². The maximum Gasteiger partial charge on any atom is 0.327 e. The summed E-state index contributed by atoms with van der Waals surface area (Å²) in [4.78, 5) is 11.6. The smallest absolute Gasteiger partial charge is 0.327 e. The lowest BCUT2D eigenvalue weighted by Crippen LogP contribution is -2.42. The Morgan fingerprint density at radius 1 is 1.00 bits per heavy atom. The average Bonchev–Trinajstić information content (AvgIpc) is 3.09. The molecule has 29 heavy (non-hydrogen) atoms. The van der Waals surface area contributed by atoms with Crippen molar-refractivity contribution in [1.82, 2.24) is 0 Å². The van der Waals surface area contributed by atoms with Crippen molar-refractivity contribution in [2.75, 3.05) is 4.31 Å². The molecule has 0 radical (unpaired) electrons. The highest BCUT2D eigenvalue weighted by Crippen LogP contribution is 2.37. The summed E-state index contributed by atoms with van der Waals surface area (Å²) in [5, 5.41) is 9.53. The van der Waals surface area contributed by atoms with E-state index in [-0.39, 0.29) is 16.9 Å². The number of fused-ring (bicyclic) bond motifs is 1. The SMILES string of the molecule is O=C(O)[C@@H]1Cc2ccccc2N1S(=O)(=O)c1ccc(-c2ccc(F)cc2F)cc1. The maximum absolute atomic E-state index is 14.0. The largest absolute Gasteiger partial charge is 0.480 e. The number of nitrogens with zero attached hydrogens (tertiary/aromatic N) is 1. The van der Waals surface area contributed by atoms with Gasteiger partial charge in [-0.3, -0.25) is 4.31 Å². The van der Waals surface area contributed by atoms with Crippen LogP contribution in [0, 0.1) is 11.6 Å². The minimum Gasteiger partial charge on any atom is -0.480 e. The molecule has 1 aliphatic rings. The van der Waals surface area contributed by atoms with E-state index in [4.69, 9.17) is 0 Å². The Morgan fingerprint density at radius 2 is 1.69 bits per heavy atom. The summed E-state index contributed by atoms with van der Waals surface area (Å²) in [6.45, 7) is 0. The van der Waals surface area contributed by atoms with Crippen LogP contribution in [0.2, 0.25) is 0 Å². The van der Waals surface area contributed by atoms with Gasteiger partial charge in [-0.1, -0.05) is 30.3 Å². The molecule has 0 aliphatic carbocycles. The summed E-state index contributed by atoms with van der Waals surface area (Å²) in [6.07, 6.45) is 0.0730. The van der Waals surface area contributed by atoms with E-state index in [1.54, 1.807) is 24.3 Å². The summed E-state index contributed by atoms with van der Waals surface area (Å²) in [6, 6.07) is 13.9. The number of para-hydroxylation sites is 1. The highest BCUT2D eigenvalue weighted by atomic mass is 32.2. The van der Waals surface area contributed by atoms with Crippen molar-refractivity contribution < 1.29 is 27.1 Å². The van der Waals surface area contributed by atoms with Crippen LogP contribution in [-0.4, -0.2) is 25.5 Å². The minimum absolute atomic E-state index is 0.0730. The first-order valence-electron chi connectivity index (χ1n) is 8.69. The molecule has 0 aromatic heterocycles. The van der Waals surface area contributed by atoms with Gasteiger partial charge in [0.1, 0.15) is 17.7 Å². The van der Waals surface area contributed by atoms with Crippen LogP contribution in [0.4, 0.5) is 14.5 Å². The zero-order valence-corrected chi connectivity index (χ0v) is 15.7.